The normalized spacial score (nSPS) is 22.8. The second kappa shape index (κ2) is 7.27. The van der Waals surface area contributed by atoms with Crippen LogP contribution in [0, 0.1) is 11.8 Å². The van der Waals surface area contributed by atoms with Crippen LogP contribution in [0.5, 0.6) is 5.75 Å². The molecule has 1 atom stereocenters. The molecule has 1 heterocycles. The summed E-state index contributed by atoms with van der Waals surface area (Å²) in [6, 6.07) is 6.26. The highest BCUT2D eigenvalue weighted by atomic mass is 28.3. The zero-order chi connectivity index (χ0) is 19.9. The molecule has 0 saturated carbocycles. The van der Waals surface area contributed by atoms with E-state index in [1.807, 2.05) is 0 Å². The lowest BCUT2D eigenvalue weighted by atomic mass is 9.69. The number of rotatable bonds is 6. The molecule has 0 aliphatic carbocycles. The van der Waals surface area contributed by atoms with Crippen molar-refractivity contribution >= 4 is 9.04 Å². The van der Waals surface area contributed by atoms with Gasteiger partial charge in [0.15, 0.2) is 5.60 Å². The summed E-state index contributed by atoms with van der Waals surface area (Å²) >= 11 is 0. The Morgan fingerprint density at radius 3 is 1.92 bits per heavy atom. The van der Waals surface area contributed by atoms with Crippen molar-refractivity contribution in [3.05, 3.63) is 29.3 Å². The van der Waals surface area contributed by atoms with Gasteiger partial charge in [-0.2, -0.15) is 4.89 Å². The van der Waals surface area contributed by atoms with Crippen LogP contribution in [-0.4, -0.2) is 21.8 Å². The summed E-state index contributed by atoms with van der Waals surface area (Å²) in [6.07, 6.45) is 0. The lowest BCUT2D eigenvalue weighted by Gasteiger charge is -2.59. The van der Waals surface area contributed by atoms with Crippen molar-refractivity contribution in [3.63, 3.8) is 0 Å². The first-order valence-electron chi connectivity index (χ1n) is 9.48. The van der Waals surface area contributed by atoms with E-state index in [9.17, 15) is 0 Å². The van der Waals surface area contributed by atoms with Crippen LogP contribution in [0.4, 0.5) is 0 Å². The van der Waals surface area contributed by atoms with Gasteiger partial charge in [-0.3, -0.25) is 0 Å². The lowest BCUT2D eigenvalue weighted by Crippen LogP contribution is -2.71. The molecule has 147 valence electrons. The molecule has 1 radical (unpaired) electrons. The van der Waals surface area contributed by atoms with Crippen LogP contribution < -0.4 is 4.43 Å². The molecule has 1 aromatic carbocycles. The maximum absolute atomic E-state index is 6.43. The fourth-order valence-corrected chi connectivity index (χ4v) is 4.72. The van der Waals surface area contributed by atoms with Gasteiger partial charge in [-0.15, -0.1) is 0 Å². The first kappa shape index (κ1) is 21.4. The van der Waals surface area contributed by atoms with Crippen molar-refractivity contribution < 1.29 is 18.9 Å². The first-order valence-corrected chi connectivity index (χ1v) is 11.9. The molecule has 1 aliphatic heterocycles. The van der Waals surface area contributed by atoms with Gasteiger partial charge < -0.3 is 9.16 Å². The lowest BCUT2D eigenvalue weighted by molar-refractivity contribution is -0.634. The zero-order valence-electron chi connectivity index (χ0n) is 18.0. The largest absolute Gasteiger partial charge is 0.542 e. The second-order valence-electron chi connectivity index (χ2n) is 9.03. The maximum Gasteiger partial charge on any atom is 0.274 e. The summed E-state index contributed by atoms with van der Waals surface area (Å²) in [5.74, 6) is 0.309. The van der Waals surface area contributed by atoms with Gasteiger partial charge >= 0.3 is 0 Å². The van der Waals surface area contributed by atoms with E-state index >= 15 is 0 Å². The van der Waals surface area contributed by atoms with Gasteiger partial charge in [0.2, 0.25) is 0 Å². The van der Waals surface area contributed by atoms with Gasteiger partial charge in [0.25, 0.3) is 14.8 Å². The van der Waals surface area contributed by atoms with Gasteiger partial charge in [0.1, 0.15) is 5.75 Å². The summed E-state index contributed by atoms with van der Waals surface area (Å²) in [5.41, 5.74) is 1.45. The van der Waals surface area contributed by atoms with Crippen LogP contribution >= 0.6 is 0 Å². The van der Waals surface area contributed by atoms with Crippen molar-refractivity contribution in [3.8, 4) is 5.75 Å². The highest BCUT2D eigenvalue weighted by Gasteiger charge is 2.70. The van der Waals surface area contributed by atoms with Crippen molar-refractivity contribution in [1.29, 1.82) is 0 Å². The first-order chi connectivity index (χ1) is 11.9. The summed E-state index contributed by atoms with van der Waals surface area (Å²) < 4.78 is 12.5. The van der Waals surface area contributed by atoms with E-state index in [2.05, 4.69) is 79.8 Å². The predicted octanol–water partition coefficient (Wildman–Crippen LogP) is 5.43. The third-order valence-electron chi connectivity index (χ3n) is 5.30. The minimum absolute atomic E-state index is 0.0550. The van der Waals surface area contributed by atoms with E-state index < -0.39 is 20.4 Å². The molecule has 0 bridgehead atoms. The Hall–Kier alpha value is -0.883. The Labute approximate surface area is 160 Å². The Morgan fingerprint density at radius 1 is 1.00 bits per heavy atom. The third kappa shape index (κ3) is 3.13. The van der Waals surface area contributed by atoms with E-state index in [1.165, 1.54) is 0 Å². The Balaban J connectivity index is 2.76. The second-order valence-corrected chi connectivity index (χ2v) is 11.1. The molecule has 1 aromatic rings. The van der Waals surface area contributed by atoms with Crippen molar-refractivity contribution in [2.24, 2.45) is 11.8 Å². The maximum atomic E-state index is 6.43. The van der Waals surface area contributed by atoms with Crippen LogP contribution in [0.3, 0.4) is 0 Å². The molecule has 4 nitrogen and oxygen atoms in total. The standard InChI is InChI=1S/C21H35O4Si/c1-14(2)20(15(3)4)21(22-8,25-24-20)17-13-11-12-16(19(5,6)7)18(17)23-26(9)10/h11-15H,1-10H3. The third-order valence-corrected chi connectivity index (χ3v) is 5.91. The Morgan fingerprint density at radius 2 is 1.58 bits per heavy atom. The Bertz CT molecular complexity index is 621. The highest BCUT2D eigenvalue weighted by Crippen LogP contribution is 2.59. The minimum atomic E-state index is -0.983. The quantitative estimate of drug-likeness (QED) is 0.488. The van der Waals surface area contributed by atoms with Gasteiger partial charge in [-0.25, -0.2) is 4.89 Å². The van der Waals surface area contributed by atoms with E-state index in [4.69, 9.17) is 18.9 Å². The van der Waals surface area contributed by atoms with Crippen LogP contribution in [0.1, 0.15) is 59.6 Å². The van der Waals surface area contributed by atoms with Gasteiger partial charge in [0.05, 0.1) is 5.56 Å². The molecular weight excluding hydrogens is 344 g/mol. The highest BCUT2D eigenvalue weighted by molar-refractivity contribution is 6.49. The smallest absolute Gasteiger partial charge is 0.274 e. The summed E-state index contributed by atoms with van der Waals surface area (Å²) in [7, 11) is 0.723. The SMILES string of the molecule is COC1(c2cccc(C(C)(C)C)c2O[Si](C)C)OOC1(C(C)C)C(C)C. The van der Waals surface area contributed by atoms with E-state index in [-0.39, 0.29) is 17.3 Å². The molecule has 2 rings (SSSR count). The molecule has 0 amide bonds. The number of hydrogen-bond donors (Lipinski definition) is 0. The average Bonchev–Trinajstić information content (AvgIpc) is 2.46. The van der Waals surface area contributed by atoms with Crippen molar-refractivity contribution in [2.75, 3.05) is 7.11 Å². The molecule has 1 saturated heterocycles. The summed E-state index contributed by atoms with van der Waals surface area (Å²) in [4.78, 5) is 11.6. The van der Waals surface area contributed by atoms with Crippen molar-refractivity contribution in [1.82, 2.24) is 0 Å². The number of ether oxygens (including phenoxy) is 1. The number of para-hydroxylation sites is 1. The molecule has 5 heteroatoms. The molecule has 1 fully saturated rings. The van der Waals surface area contributed by atoms with Crippen LogP contribution in [-0.2, 0) is 25.7 Å². The van der Waals surface area contributed by atoms with Crippen LogP contribution in [0.25, 0.3) is 0 Å². The van der Waals surface area contributed by atoms with Gasteiger partial charge in [-0.05, 0) is 42.0 Å². The average molecular weight is 380 g/mol. The molecule has 26 heavy (non-hydrogen) atoms. The van der Waals surface area contributed by atoms with Gasteiger partial charge in [0, 0.05) is 7.11 Å². The van der Waals surface area contributed by atoms with E-state index in [1.54, 1.807) is 7.11 Å². The molecule has 0 N–H and O–H groups in total. The minimum Gasteiger partial charge on any atom is -0.542 e. The summed E-state index contributed by atoms with van der Waals surface area (Å²) in [5, 5.41) is 0. The predicted molar refractivity (Wildman–Crippen MR) is 107 cm³/mol. The zero-order valence-corrected chi connectivity index (χ0v) is 19.0. The number of hydrogen-bond acceptors (Lipinski definition) is 4. The van der Waals surface area contributed by atoms with Crippen molar-refractivity contribution in [2.45, 2.75) is 78.4 Å². The van der Waals surface area contributed by atoms with E-state index in [0.29, 0.717) is 0 Å². The topological polar surface area (TPSA) is 36.9 Å². The monoisotopic (exact) mass is 379 g/mol. The van der Waals surface area contributed by atoms with Crippen LogP contribution in [0.2, 0.25) is 13.1 Å². The van der Waals surface area contributed by atoms with Gasteiger partial charge in [-0.1, -0.05) is 60.6 Å². The number of methoxy groups -OCH3 is 1. The molecule has 1 unspecified atom stereocenters. The fraction of sp³-hybridized carbons (Fsp3) is 0.714. The summed E-state index contributed by atoms with van der Waals surface area (Å²) in [6.45, 7) is 19.5. The number of benzene rings is 1. The molecule has 1 aliphatic rings. The van der Waals surface area contributed by atoms with E-state index in [0.717, 1.165) is 16.9 Å². The molecule has 0 spiro atoms. The molecular formula is C21H35O4Si. The Kier molecular flexibility index (Phi) is 5.98. The van der Waals surface area contributed by atoms with Crippen LogP contribution in [0.15, 0.2) is 18.2 Å². The fourth-order valence-electron chi connectivity index (χ4n) is 4.09. The molecule has 0 aromatic heterocycles.